The number of hydrogen-bond acceptors (Lipinski definition) is 2. The Hall–Kier alpha value is -0.390. The largest absolute Gasteiger partial charge is 0.347 e. The number of likely N-dealkylation sites (N-methyl/N-ethyl adjacent to an activating group) is 1. The van der Waals surface area contributed by atoms with Crippen molar-refractivity contribution < 1.29 is 4.79 Å². The van der Waals surface area contributed by atoms with Crippen molar-refractivity contribution in [3.8, 4) is 0 Å². The number of carbonyl (C=O) groups is 1. The summed E-state index contributed by atoms with van der Waals surface area (Å²) in [6, 6.07) is 5.94. The number of halogens is 2. The lowest BCUT2D eigenvalue weighted by Gasteiger charge is -2.23. The smallest absolute Gasteiger partial charge is 0.238 e. The maximum Gasteiger partial charge on any atom is 0.238 e. The third kappa shape index (κ3) is 4.07. The quantitative estimate of drug-likeness (QED) is 0.872. The van der Waals surface area contributed by atoms with Gasteiger partial charge < -0.3 is 4.90 Å². The molecule has 18 heavy (non-hydrogen) atoms. The van der Waals surface area contributed by atoms with Crippen molar-refractivity contribution in [3.63, 3.8) is 0 Å². The van der Waals surface area contributed by atoms with Crippen LogP contribution in [0.25, 0.3) is 0 Å². The zero-order chi connectivity index (χ0) is 13.9. The Bertz CT molecular complexity index is 435. The van der Waals surface area contributed by atoms with E-state index >= 15 is 0 Å². The molecule has 0 aromatic heterocycles. The van der Waals surface area contributed by atoms with Gasteiger partial charge in [0.15, 0.2) is 0 Å². The summed E-state index contributed by atoms with van der Waals surface area (Å²) in [5.41, 5.74) is 1.14. The third-order valence-corrected chi connectivity index (χ3v) is 3.92. The van der Waals surface area contributed by atoms with Gasteiger partial charge in [0.2, 0.25) is 5.91 Å². The van der Waals surface area contributed by atoms with Gasteiger partial charge >= 0.3 is 0 Å². The molecule has 1 N–H and O–H groups in total. The molecule has 0 aliphatic carbocycles. The van der Waals surface area contributed by atoms with E-state index in [-0.39, 0.29) is 18.0 Å². The van der Waals surface area contributed by atoms with Gasteiger partial charge in [-0.1, -0.05) is 37.9 Å². The van der Waals surface area contributed by atoms with E-state index in [9.17, 15) is 4.79 Å². The van der Waals surface area contributed by atoms with Gasteiger partial charge in [0.05, 0.1) is 6.04 Å². The molecule has 1 rings (SSSR count). The molecule has 1 aromatic rings. The Kier molecular flexibility index (Phi) is 5.82. The van der Waals surface area contributed by atoms with Crippen LogP contribution in [0.15, 0.2) is 27.1 Å². The SMILES string of the molecule is CC(NC(C)c1ccc(Br)cc1Br)C(=O)N(C)C. The van der Waals surface area contributed by atoms with Crippen molar-refractivity contribution in [1.82, 2.24) is 10.2 Å². The maximum atomic E-state index is 11.8. The molecule has 1 aromatic carbocycles. The Balaban J connectivity index is 2.76. The first kappa shape index (κ1) is 15.7. The topological polar surface area (TPSA) is 32.3 Å². The molecule has 3 nitrogen and oxygen atoms in total. The number of amides is 1. The van der Waals surface area contributed by atoms with Gasteiger partial charge in [-0.25, -0.2) is 0 Å². The van der Waals surface area contributed by atoms with Crippen LogP contribution in [0.4, 0.5) is 0 Å². The number of rotatable bonds is 4. The van der Waals surface area contributed by atoms with E-state index in [0.717, 1.165) is 14.5 Å². The van der Waals surface area contributed by atoms with Crippen LogP contribution in [0.3, 0.4) is 0 Å². The first-order valence-corrected chi connectivity index (χ1v) is 7.33. The van der Waals surface area contributed by atoms with Gasteiger partial charge in [-0.15, -0.1) is 0 Å². The van der Waals surface area contributed by atoms with E-state index in [1.54, 1.807) is 19.0 Å². The summed E-state index contributed by atoms with van der Waals surface area (Å²) in [6.07, 6.45) is 0. The maximum absolute atomic E-state index is 11.8. The van der Waals surface area contributed by atoms with E-state index < -0.39 is 0 Å². The summed E-state index contributed by atoms with van der Waals surface area (Å²) < 4.78 is 2.06. The van der Waals surface area contributed by atoms with Crippen molar-refractivity contribution in [3.05, 3.63) is 32.7 Å². The van der Waals surface area contributed by atoms with E-state index in [1.807, 2.05) is 32.0 Å². The van der Waals surface area contributed by atoms with E-state index in [2.05, 4.69) is 37.2 Å². The highest BCUT2D eigenvalue weighted by molar-refractivity contribution is 9.11. The zero-order valence-electron chi connectivity index (χ0n) is 11.0. The van der Waals surface area contributed by atoms with Gasteiger partial charge in [-0.3, -0.25) is 10.1 Å². The van der Waals surface area contributed by atoms with E-state index in [4.69, 9.17) is 0 Å². The minimum absolute atomic E-state index is 0.0788. The molecule has 0 fully saturated rings. The zero-order valence-corrected chi connectivity index (χ0v) is 14.2. The molecule has 0 saturated carbocycles. The highest BCUT2D eigenvalue weighted by atomic mass is 79.9. The molecular weight excluding hydrogens is 360 g/mol. The normalized spacial score (nSPS) is 14.1. The lowest BCUT2D eigenvalue weighted by Crippen LogP contribution is -2.42. The van der Waals surface area contributed by atoms with Crippen LogP contribution in [0.2, 0.25) is 0 Å². The van der Waals surface area contributed by atoms with Crippen LogP contribution in [-0.2, 0) is 4.79 Å². The Morgan fingerprint density at radius 2 is 1.89 bits per heavy atom. The van der Waals surface area contributed by atoms with Gasteiger partial charge in [0, 0.05) is 29.1 Å². The molecule has 5 heteroatoms. The number of carbonyl (C=O) groups excluding carboxylic acids is 1. The fraction of sp³-hybridized carbons (Fsp3) is 0.462. The lowest BCUT2D eigenvalue weighted by molar-refractivity contribution is -0.130. The number of hydrogen-bond donors (Lipinski definition) is 1. The fourth-order valence-corrected chi connectivity index (χ4v) is 3.17. The summed E-state index contributed by atoms with van der Waals surface area (Å²) >= 11 is 6.97. The summed E-state index contributed by atoms with van der Waals surface area (Å²) in [5.74, 6) is 0.0788. The molecular formula is C13H18Br2N2O. The Morgan fingerprint density at radius 3 is 2.39 bits per heavy atom. The van der Waals surface area contributed by atoms with Crippen LogP contribution in [0.1, 0.15) is 25.5 Å². The molecule has 0 aliphatic rings. The average molecular weight is 378 g/mol. The van der Waals surface area contributed by atoms with Gasteiger partial charge in [-0.05, 0) is 31.5 Å². The van der Waals surface area contributed by atoms with Gasteiger partial charge in [0.1, 0.15) is 0 Å². The molecule has 2 atom stereocenters. The first-order chi connectivity index (χ1) is 8.32. The van der Waals surface area contributed by atoms with Crippen molar-refractivity contribution in [2.24, 2.45) is 0 Å². The second kappa shape index (κ2) is 6.68. The lowest BCUT2D eigenvalue weighted by atomic mass is 10.1. The highest BCUT2D eigenvalue weighted by Gasteiger charge is 2.18. The fourth-order valence-electron chi connectivity index (χ4n) is 1.78. The van der Waals surface area contributed by atoms with Crippen LogP contribution in [0.5, 0.6) is 0 Å². The van der Waals surface area contributed by atoms with E-state index in [0.29, 0.717) is 0 Å². The van der Waals surface area contributed by atoms with Gasteiger partial charge in [0.25, 0.3) is 0 Å². The molecule has 0 bridgehead atoms. The number of nitrogens with one attached hydrogen (secondary N) is 1. The van der Waals surface area contributed by atoms with Crippen LogP contribution in [-0.4, -0.2) is 30.9 Å². The summed E-state index contributed by atoms with van der Waals surface area (Å²) in [6.45, 7) is 3.93. The molecule has 100 valence electrons. The van der Waals surface area contributed by atoms with Crippen molar-refractivity contribution >= 4 is 37.8 Å². The van der Waals surface area contributed by atoms with Crippen molar-refractivity contribution in [2.45, 2.75) is 25.9 Å². The molecule has 0 spiro atoms. The van der Waals surface area contributed by atoms with E-state index in [1.165, 1.54) is 0 Å². The van der Waals surface area contributed by atoms with Crippen LogP contribution >= 0.6 is 31.9 Å². The second-order valence-corrected chi connectivity index (χ2v) is 6.28. The first-order valence-electron chi connectivity index (χ1n) is 5.75. The predicted molar refractivity (Wildman–Crippen MR) is 81.5 cm³/mol. The Labute approximate surface area is 125 Å². The molecule has 0 saturated heterocycles. The molecule has 1 amide bonds. The third-order valence-electron chi connectivity index (χ3n) is 2.74. The van der Waals surface area contributed by atoms with Crippen LogP contribution < -0.4 is 5.32 Å². The molecule has 0 aliphatic heterocycles. The Morgan fingerprint density at radius 1 is 1.28 bits per heavy atom. The monoisotopic (exact) mass is 376 g/mol. The van der Waals surface area contributed by atoms with Crippen molar-refractivity contribution in [2.75, 3.05) is 14.1 Å². The average Bonchev–Trinajstić information content (AvgIpc) is 2.27. The van der Waals surface area contributed by atoms with Crippen LogP contribution in [0, 0.1) is 0 Å². The van der Waals surface area contributed by atoms with Gasteiger partial charge in [-0.2, -0.15) is 0 Å². The summed E-state index contributed by atoms with van der Waals surface area (Å²) in [5, 5.41) is 3.30. The van der Waals surface area contributed by atoms with Crippen molar-refractivity contribution in [1.29, 1.82) is 0 Å². The minimum Gasteiger partial charge on any atom is -0.347 e. The molecule has 2 unspecified atom stereocenters. The molecule has 0 radical (unpaired) electrons. The predicted octanol–water partition coefficient (Wildman–Crippen LogP) is 3.34. The number of nitrogens with zero attached hydrogens (tertiary/aromatic N) is 1. The molecule has 0 heterocycles. The second-order valence-electron chi connectivity index (χ2n) is 4.51. The minimum atomic E-state index is -0.203. The standard InChI is InChI=1S/C13H18Br2N2O/c1-8(16-9(2)13(18)17(3)4)11-6-5-10(14)7-12(11)15/h5-9,16H,1-4H3. The summed E-state index contributed by atoms with van der Waals surface area (Å²) in [7, 11) is 3.53. The summed E-state index contributed by atoms with van der Waals surface area (Å²) in [4.78, 5) is 13.4. The highest BCUT2D eigenvalue weighted by Crippen LogP contribution is 2.27. The number of benzene rings is 1.